The van der Waals surface area contributed by atoms with Crippen molar-refractivity contribution in [2.45, 2.75) is 38.5 Å². The molecule has 0 heterocycles. The zero-order valence-corrected chi connectivity index (χ0v) is 19.0. The van der Waals surface area contributed by atoms with Crippen molar-refractivity contribution in [1.29, 1.82) is 0 Å². The summed E-state index contributed by atoms with van der Waals surface area (Å²) in [4.78, 5) is 20.2. The maximum atomic E-state index is 10.1. The van der Waals surface area contributed by atoms with E-state index >= 15 is 0 Å². The summed E-state index contributed by atoms with van der Waals surface area (Å²) >= 11 is 0. The van der Waals surface area contributed by atoms with E-state index < -0.39 is 11.9 Å². The number of hydrogen-bond acceptors (Lipinski definition) is 2. The Hall–Kier alpha value is -3.92. The summed E-state index contributed by atoms with van der Waals surface area (Å²) in [5.74, 6) is -1.62. The lowest BCUT2D eigenvalue weighted by Gasteiger charge is -2.18. The molecular formula is C30H28O4. The van der Waals surface area contributed by atoms with Crippen LogP contribution in [-0.2, 0) is 22.4 Å². The van der Waals surface area contributed by atoms with Gasteiger partial charge in [0.15, 0.2) is 0 Å². The van der Waals surface area contributed by atoms with Gasteiger partial charge in [-0.1, -0.05) is 85.0 Å². The van der Waals surface area contributed by atoms with Crippen molar-refractivity contribution in [1.82, 2.24) is 0 Å². The molecule has 0 unspecified atom stereocenters. The third-order valence-corrected chi connectivity index (χ3v) is 6.35. The Balaban J connectivity index is 0.000000143. The first-order valence-corrected chi connectivity index (χ1v) is 11.6. The average molecular weight is 453 g/mol. The molecule has 172 valence electrons. The number of carboxylic acid groups (broad SMARTS) is 2. The van der Waals surface area contributed by atoms with E-state index in [1.807, 2.05) is 12.2 Å². The van der Waals surface area contributed by atoms with Gasteiger partial charge >= 0.3 is 11.9 Å². The number of carbonyl (C=O) groups is 2. The molecule has 4 heteroatoms. The summed E-state index contributed by atoms with van der Waals surface area (Å²) in [5.41, 5.74) is 4.13. The highest BCUT2D eigenvalue weighted by atomic mass is 16.4. The van der Waals surface area contributed by atoms with E-state index in [9.17, 15) is 9.59 Å². The van der Waals surface area contributed by atoms with Crippen LogP contribution in [0.3, 0.4) is 0 Å². The van der Waals surface area contributed by atoms with Crippen LogP contribution in [0.25, 0.3) is 21.5 Å². The highest BCUT2D eigenvalue weighted by Gasteiger charge is 2.13. The van der Waals surface area contributed by atoms with E-state index in [2.05, 4.69) is 48.5 Å². The van der Waals surface area contributed by atoms with Crippen LogP contribution >= 0.6 is 0 Å². The monoisotopic (exact) mass is 452 g/mol. The summed E-state index contributed by atoms with van der Waals surface area (Å²) in [5, 5.41) is 22.3. The first-order chi connectivity index (χ1) is 16.5. The van der Waals surface area contributed by atoms with Crippen molar-refractivity contribution in [3.8, 4) is 0 Å². The van der Waals surface area contributed by atoms with E-state index in [4.69, 9.17) is 10.2 Å². The number of benzene rings is 3. The van der Waals surface area contributed by atoms with E-state index in [0.717, 1.165) is 0 Å². The predicted molar refractivity (Wildman–Crippen MR) is 137 cm³/mol. The molecule has 6 rings (SSSR count). The van der Waals surface area contributed by atoms with Gasteiger partial charge in [-0.2, -0.15) is 0 Å². The topological polar surface area (TPSA) is 74.6 Å². The van der Waals surface area contributed by atoms with Crippen LogP contribution < -0.4 is 0 Å². The van der Waals surface area contributed by atoms with E-state index in [-0.39, 0.29) is 0 Å². The zero-order chi connectivity index (χ0) is 23.9. The largest absolute Gasteiger partial charge is 0.478 e. The standard InChI is InChI=1S/C18H16.2C6H6O2/c1-3-7-15-13(5-1)9-11-18-16-8-4-2-6-14(16)10-12-17(15)18;2*7-6(8)5-3-1-2-4-5/h1,3,5,7,9-12H,2,4,6,8H2;2*1-3H,4H2,(H,7,8). The molecule has 4 nitrogen and oxygen atoms in total. The molecule has 3 aliphatic rings. The van der Waals surface area contributed by atoms with E-state index in [1.165, 1.54) is 47.2 Å². The smallest absolute Gasteiger partial charge is 0.331 e. The van der Waals surface area contributed by atoms with Gasteiger partial charge in [0.1, 0.15) is 0 Å². The Morgan fingerprint density at radius 2 is 1.26 bits per heavy atom. The normalized spacial score (nSPS) is 15.5. The van der Waals surface area contributed by atoms with Crippen molar-refractivity contribution in [2.24, 2.45) is 0 Å². The van der Waals surface area contributed by atoms with Crippen LogP contribution in [0.15, 0.2) is 96.1 Å². The number of rotatable bonds is 2. The molecular weight excluding hydrogens is 424 g/mol. The van der Waals surface area contributed by atoms with Crippen molar-refractivity contribution in [3.05, 3.63) is 107 Å². The van der Waals surface area contributed by atoms with Gasteiger partial charge in [-0.3, -0.25) is 0 Å². The van der Waals surface area contributed by atoms with Crippen molar-refractivity contribution in [2.75, 3.05) is 0 Å². The molecule has 3 aromatic rings. The van der Waals surface area contributed by atoms with Gasteiger partial charge in [-0.25, -0.2) is 9.59 Å². The Kier molecular flexibility index (Phi) is 7.38. The van der Waals surface area contributed by atoms with Gasteiger partial charge < -0.3 is 10.2 Å². The summed E-state index contributed by atoms with van der Waals surface area (Å²) in [7, 11) is 0. The molecule has 0 radical (unpaired) electrons. The first-order valence-electron chi connectivity index (χ1n) is 11.6. The van der Waals surface area contributed by atoms with E-state index in [0.29, 0.717) is 24.0 Å². The van der Waals surface area contributed by atoms with Crippen LogP contribution in [-0.4, -0.2) is 22.2 Å². The van der Waals surface area contributed by atoms with Crippen LogP contribution in [0.2, 0.25) is 0 Å². The van der Waals surface area contributed by atoms with Gasteiger partial charge in [0.05, 0.1) is 0 Å². The lowest BCUT2D eigenvalue weighted by Crippen LogP contribution is -2.02. The summed E-state index contributed by atoms with van der Waals surface area (Å²) < 4.78 is 0. The molecule has 0 fully saturated rings. The quantitative estimate of drug-likeness (QED) is 0.420. The molecule has 0 aliphatic heterocycles. The maximum Gasteiger partial charge on any atom is 0.331 e. The fourth-order valence-electron chi connectivity index (χ4n) is 4.55. The third-order valence-electron chi connectivity index (χ3n) is 6.35. The Bertz CT molecular complexity index is 1310. The number of hydrogen-bond donors (Lipinski definition) is 2. The molecule has 0 bridgehead atoms. The zero-order valence-electron chi connectivity index (χ0n) is 19.0. The number of carboxylic acids is 2. The van der Waals surface area contributed by atoms with Crippen LogP contribution in [0.5, 0.6) is 0 Å². The molecule has 2 N–H and O–H groups in total. The minimum atomic E-state index is -0.810. The minimum absolute atomic E-state index is 0.477. The van der Waals surface area contributed by atoms with Gasteiger partial charge in [-0.15, -0.1) is 0 Å². The Morgan fingerprint density at radius 3 is 1.85 bits per heavy atom. The second-order valence-corrected chi connectivity index (χ2v) is 8.55. The highest BCUT2D eigenvalue weighted by molar-refractivity contribution is 6.08. The number of allylic oxidation sites excluding steroid dienone is 6. The van der Waals surface area contributed by atoms with Crippen molar-refractivity contribution < 1.29 is 19.8 Å². The first kappa shape index (κ1) is 23.2. The molecule has 34 heavy (non-hydrogen) atoms. The molecule has 3 aliphatic carbocycles. The molecule has 0 saturated heterocycles. The van der Waals surface area contributed by atoms with Gasteiger partial charge in [0.25, 0.3) is 0 Å². The molecule has 0 amide bonds. The Morgan fingerprint density at radius 1 is 0.647 bits per heavy atom. The SMILES string of the molecule is O=C(O)C1=CC=CC1.O=C(O)C1=CC=CC1.c1ccc2c(c1)ccc1c3c(ccc12)CCCC3. The van der Waals surface area contributed by atoms with Gasteiger partial charge in [0, 0.05) is 11.1 Å². The molecule has 0 aromatic heterocycles. The Labute approximate surface area is 199 Å². The number of aliphatic carboxylic acids is 2. The number of fused-ring (bicyclic) bond motifs is 5. The van der Waals surface area contributed by atoms with Crippen LogP contribution in [0.4, 0.5) is 0 Å². The fraction of sp³-hybridized carbons (Fsp3) is 0.200. The molecule has 0 spiro atoms. The van der Waals surface area contributed by atoms with E-state index in [1.54, 1.807) is 35.4 Å². The number of aryl methyl sites for hydroxylation is 2. The fourth-order valence-corrected chi connectivity index (χ4v) is 4.55. The maximum absolute atomic E-state index is 10.1. The predicted octanol–water partition coefficient (Wildman–Crippen LogP) is 6.79. The second-order valence-electron chi connectivity index (χ2n) is 8.55. The van der Waals surface area contributed by atoms with Gasteiger partial charge in [-0.05, 0) is 71.2 Å². The highest BCUT2D eigenvalue weighted by Crippen LogP contribution is 2.33. The summed E-state index contributed by atoms with van der Waals surface area (Å²) in [6, 6.07) is 18.0. The summed E-state index contributed by atoms with van der Waals surface area (Å²) in [6.45, 7) is 0. The lowest BCUT2D eigenvalue weighted by atomic mass is 9.86. The van der Waals surface area contributed by atoms with Crippen LogP contribution in [0, 0.1) is 0 Å². The minimum Gasteiger partial charge on any atom is -0.478 e. The third kappa shape index (κ3) is 5.34. The lowest BCUT2D eigenvalue weighted by molar-refractivity contribution is -0.133. The average Bonchev–Trinajstić information content (AvgIpc) is 3.59. The van der Waals surface area contributed by atoms with Gasteiger partial charge in [0.2, 0.25) is 0 Å². The van der Waals surface area contributed by atoms with Crippen molar-refractivity contribution in [3.63, 3.8) is 0 Å². The second kappa shape index (κ2) is 10.8. The van der Waals surface area contributed by atoms with Crippen molar-refractivity contribution >= 4 is 33.5 Å². The van der Waals surface area contributed by atoms with Crippen LogP contribution in [0.1, 0.15) is 36.8 Å². The summed E-state index contributed by atoms with van der Waals surface area (Å²) in [6.07, 6.45) is 16.8. The molecule has 0 saturated carbocycles. The molecule has 3 aromatic carbocycles. The molecule has 0 atom stereocenters.